The number of nitrogens with two attached hydrogens (primary N) is 1. The fraction of sp³-hybridized carbons (Fsp3) is 0.562. The molecule has 3 rings (SSSR count). The van der Waals surface area contributed by atoms with E-state index in [2.05, 4.69) is 62.1 Å². The maximum atomic E-state index is 5.93. The standard InChI is InChI=1S/C16H23IN4/c17-13-5-3-12(4-6-13)11-21-9-1-2-15(21)10-19-16(18)20-14-7-8-14/h3-6,14-15H,1-2,7-11H2,(H3,18,19,20). The van der Waals surface area contributed by atoms with Gasteiger partial charge in [-0.25, -0.2) is 0 Å². The summed E-state index contributed by atoms with van der Waals surface area (Å²) >= 11 is 2.35. The topological polar surface area (TPSA) is 53.6 Å². The summed E-state index contributed by atoms with van der Waals surface area (Å²) in [5.74, 6) is 0.624. The summed E-state index contributed by atoms with van der Waals surface area (Å²) in [4.78, 5) is 7.07. The zero-order chi connectivity index (χ0) is 14.7. The van der Waals surface area contributed by atoms with Crippen LogP contribution in [-0.2, 0) is 6.54 Å². The first-order valence-corrected chi connectivity index (χ1v) is 8.83. The molecule has 1 aromatic carbocycles. The molecular weight excluding hydrogens is 375 g/mol. The normalized spacial score (nSPS) is 23.5. The van der Waals surface area contributed by atoms with Crippen molar-refractivity contribution in [1.82, 2.24) is 10.2 Å². The van der Waals surface area contributed by atoms with E-state index in [9.17, 15) is 0 Å². The number of nitrogens with one attached hydrogen (secondary N) is 1. The van der Waals surface area contributed by atoms with Crippen LogP contribution < -0.4 is 11.1 Å². The molecule has 5 heteroatoms. The molecule has 114 valence electrons. The summed E-state index contributed by atoms with van der Waals surface area (Å²) in [7, 11) is 0. The lowest BCUT2D eigenvalue weighted by Crippen LogP contribution is -2.36. The van der Waals surface area contributed by atoms with Gasteiger partial charge >= 0.3 is 0 Å². The summed E-state index contributed by atoms with van der Waals surface area (Å²) in [6, 6.07) is 9.92. The summed E-state index contributed by atoms with van der Waals surface area (Å²) in [5, 5.41) is 3.26. The van der Waals surface area contributed by atoms with Gasteiger partial charge in [0.2, 0.25) is 0 Å². The lowest BCUT2D eigenvalue weighted by molar-refractivity contribution is 0.250. The van der Waals surface area contributed by atoms with Crippen LogP contribution in [0.4, 0.5) is 0 Å². The highest BCUT2D eigenvalue weighted by atomic mass is 127. The maximum absolute atomic E-state index is 5.93. The summed E-state index contributed by atoms with van der Waals surface area (Å²) in [6.07, 6.45) is 4.96. The molecule has 2 fully saturated rings. The van der Waals surface area contributed by atoms with Crippen molar-refractivity contribution < 1.29 is 0 Å². The van der Waals surface area contributed by atoms with Gasteiger partial charge in [0, 0.05) is 22.2 Å². The van der Waals surface area contributed by atoms with Crippen LogP contribution in [0.3, 0.4) is 0 Å². The van der Waals surface area contributed by atoms with E-state index in [4.69, 9.17) is 5.73 Å². The van der Waals surface area contributed by atoms with Crippen molar-refractivity contribution in [2.24, 2.45) is 10.7 Å². The SMILES string of the molecule is NC(=NCC1CCCN1Cc1ccc(I)cc1)NC1CC1. The lowest BCUT2D eigenvalue weighted by atomic mass is 10.2. The Morgan fingerprint density at radius 3 is 2.76 bits per heavy atom. The number of guanidine groups is 1. The first kappa shape index (κ1) is 15.1. The van der Waals surface area contributed by atoms with Crippen molar-refractivity contribution in [3.8, 4) is 0 Å². The van der Waals surface area contributed by atoms with Crippen LogP contribution in [-0.4, -0.2) is 36.0 Å². The molecule has 1 saturated carbocycles. The molecule has 1 aromatic rings. The monoisotopic (exact) mass is 398 g/mol. The minimum atomic E-state index is 0.531. The molecule has 1 atom stereocenters. The summed E-state index contributed by atoms with van der Waals surface area (Å²) in [5.41, 5.74) is 7.31. The Balaban J connectivity index is 1.53. The molecule has 1 heterocycles. The quantitative estimate of drug-likeness (QED) is 0.455. The van der Waals surface area contributed by atoms with E-state index in [0.29, 0.717) is 18.0 Å². The number of halogens is 1. The molecule has 1 unspecified atom stereocenters. The predicted octanol–water partition coefficient (Wildman–Crippen LogP) is 2.32. The van der Waals surface area contributed by atoms with Gasteiger partial charge in [-0.3, -0.25) is 9.89 Å². The Morgan fingerprint density at radius 2 is 2.05 bits per heavy atom. The first-order valence-electron chi connectivity index (χ1n) is 7.75. The second-order valence-electron chi connectivity index (χ2n) is 6.04. The van der Waals surface area contributed by atoms with E-state index in [1.807, 2.05) is 0 Å². The van der Waals surface area contributed by atoms with Crippen molar-refractivity contribution in [2.75, 3.05) is 13.1 Å². The summed E-state index contributed by atoms with van der Waals surface area (Å²) < 4.78 is 1.29. The van der Waals surface area contributed by atoms with E-state index < -0.39 is 0 Å². The Morgan fingerprint density at radius 1 is 1.29 bits per heavy atom. The molecule has 4 nitrogen and oxygen atoms in total. The second-order valence-corrected chi connectivity index (χ2v) is 7.28. The Kier molecular flexibility index (Phi) is 5.00. The molecule has 0 aromatic heterocycles. The van der Waals surface area contributed by atoms with E-state index >= 15 is 0 Å². The summed E-state index contributed by atoms with van der Waals surface area (Å²) in [6.45, 7) is 3.01. The van der Waals surface area contributed by atoms with Crippen LogP contribution in [0.25, 0.3) is 0 Å². The number of likely N-dealkylation sites (tertiary alicyclic amines) is 1. The van der Waals surface area contributed by atoms with E-state index in [-0.39, 0.29) is 0 Å². The molecule has 21 heavy (non-hydrogen) atoms. The minimum Gasteiger partial charge on any atom is -0.370 e. The zero-order valence-electron chi connectivity index (χ0n) is 12.3. The fourth-order valence-electron chi connectivity index (χ4n) is 2.82. The molecule has 1 saturated heterocycles. The van der Waals surface area contributed by atoms with Crippen molar-refractivity contribution in [1.29, 1.82) is 0 Å². The number of nitrogens with zero attached hydrogens (tertiary/aromatic N) is 2. The molecule has 2 aliphatic rings. The van der Waals surface area contributed by atoms with Crippen LogP contribution in [0.5, 0.6) is 0 Å². The first-order chi connectivity index (χ1) is 10.2. The van der Waals surface area contributed by atoms with Gasteiger partial charge in [-0.2, -0.15) is 0 Å². The van der Waals surface area contributed by atoms with Gasteiger partial charge in [-0.15, -0.1) is 0 Å². The van der Waals surface area contributed by atoms with Crippen LogP contribution in [0.2, 0.25) is 0 Å². The third kappa shape index (κ3) is 4.57. The number of rotatable bonds is 5. The average Bonchev–Trinajstić information content (AvgIpc) is 3.17. The van der Waals surface area contributed by atoms with Crippen molar-refractivity contribution in [2.45, 2.75) is 44.3 Å². The third-order valence-electron chi connectivity index (χ3n) is 4.20. The second kappa shape index (κ2) is 6.96. The smallest absolute Gasteiger partial charge is 0.188 e. The Hall–Kier alpha value is -0.820. The van der Waals surface area contributed by atoms with Gasteiger partial charge in [-0.1, -0.05) is 12.1 Å². The van der Waals surface area contributed by atoms with Crippen molar-refractivity contribution in [3.63, 3.8) is 0 Å². The number of benzene rings is 1. The van der Waals surface area contributed by atoms with Gasteiger partial charge in [0.05, 0.1) is 6.54 Å². The lowest BCUT2D eigenvalue weighted by Gasteiger charge is -2.23. The maximum Gasteiger partial charge on any atom is 0.188 e. The predicted molar refractivity (Wildman–Crippen MR) is 95.2 cm³/mol. The van der Waals surface area contributed by atoms with Crippen LogP contribution in [0.15, 0.2) is 29.3 Å². The highest BCUT2D eigenvalue weighted by Gasteiger charge is 2.25. The number of hydrogen-bond donors (Lipinski definition) is 2. The molecule has 0 amide bonds. The molecule has 0 radical (unpaired) electrons. The van der Waals surface area contributed by atoms with Crippen molar-refractivity contribution >= 4 is 28.6 Å². The van der Waals surface area contributed by atoms with Gasteiger partial charge in [0.1, 0.15) is 0 Å². The van der Waals surface area contributed by atoms with Crippen LogP contribution >= 0.6 is 22.6 Å². The van der Waals surface area contributed by atoms with E-state index in [0.717, 1.165) is 13.1 Å². The highest BCUT2D eigenvalue weighted by molar-refractivity contribution is 14.1. The van der Waals surface area contributed by atoms with Gasteiger partial charge in [-0.05, 0) is 72.5 Å². The molecule has 0 bridgehead atoms. The Bertz CT molecular complexity index is 496. The van der Waals surface area contributed by atoms with Gasteiger partial charge < -0.3 is 11.1 Å². The average molecular weight is 398 g/mol. The number of aliphatic imine (C=N–C) groups is 1. The fourth-order valence-corrected chi connectivity index (χ4v) is 3.18. The highest BCUT2D eigenvalue weighted by Crippen LogP contribution is 2.21. The number of hydrogen-bond acceptors (Lipinski definition) is 2. The van der Waals surface area contributed by atoms with E-state index in [1.54, 1.807) is 0 Å². The third-order valence-corrected chi connectivity index (χ3v) is 4.92. The van der Waals surface area contributed by atoms with E-state index in [1.165, 1.54) is 41.4 Å². The van der Waals surface area contributed by atoms with Crippen molar-refractivity contribution in [3.05, 3.63) is 33.4 Å². The molecule has 0 spiro atoms. The molecule has 1 aliphatic heterocycles. The molecule has 1 aliphatic carbocycles. The minimum absolute atomic E-state index is 0.531. The molecule has 3 N–H and O–H groups in total. The Labute approximate surface area is 140 Å². The largest absolute Gasteiger partial charge is 0.370 e. The zero-order valence-corrected chi connectivity index (χ0v) is 14.4. The molecular formula is C16H23IN4. The van der Waals surface area contributed by atoms with Crippen LogP contribution in [0, 0.1) is 3.57 Å². The van der Waals surface area contributed by atoms with Gasteiger partial charge in [0.25, 0.3) is 0 Å². The van der Waals surface area contributed by atoms with Crippen LogP contribution in [0.1, 0.15) is 31.2 Å². The van der Waals surface area contributed by atoms with Gasteiger partial charge in [0.15, 0.2) is 5.96 Å².